The number of hydrogen-bond acceptors (Lipinski definition) is 7. The maximum absolute atomic E-state index is 12.1. The van der Waals surface area contributed by atoms with Crippen LogP contribution in [-0.2, 0) is 4.79 Å². The van der Waals surface area contributed by atoms with E-state index >= 15 is 0 Å². The molecular weight excluding hydrogens is 338 g/mol. The molecule has 7 nitrogen and oxygen atoms in total. The van der Waals surface area contributed by atoms with Gasteiger partial charge in [-0.15, -0.1) is 0 Å². The molecule has 0 unspecified atom stereocenters. The van der Waals surface area contributed by atoms with Gasteiger partial charge in [0, 0.05) is 24.7 Å². The second-order valence-corrected chi connectivity index (χ2v) is 5.63. The monoisotopic (exact) mass is 349 g/mol. The molecule has 1 amide bonds. The van der Waals surface area contributed by atoms with Gasteiger partial charge >= 0.3 is 0 Å². The molecule has 0 saturated heterocycles. The van der Waals surface area contributed by atoms with E-state index in [1.807, 2.05) is 6.07 Å². The number of carbonyl (C=O) groups excluding carboxylic acids is 1. The van der Waals surface area contributed by atoms with Crippen molar-refractivity contribution in [2.75, 3.05) is 5.32 Å². The van der Waals surface area contributed by atoms with Crippen molar-refractivity contribution < 1.29 is 9.21 Å². The third-order valence-corrected chi connectivity index (χ3v) is 3.72. The van der Waals surface area contributed by atoms with E-state index in [2.05, 4.69) is 20.3 Å². The predicted molar refractivity (Wildman–Crippen MR) is 91.3 cm³/mol. The molecule has 0 aliphatic heterocycles. The normalized spacial score (nSPS) is 10.9. The number of carbonyl (C=O) groups is 1. The van der Waals surface area contributed by atoms with Crippen molar-refractivity contribution in [3.63, 3.8) is 0 Å². The van der Waals surface area contributed by atoms with Gasteiger partial charge in [0.05, 0.1) is 11.9 Å². The van der Waals surface area contributed by atoms with Gasteiger partial charge in [-0.05, 0) is 42.1 Å². The molecule has 3 aromatic heterocycles. The number of hydrogen-bond donors (Lipinski definition) is 1. The van der Waals surface area contributed by atoms with Crippen molar-refractivity contribution in [3.05, 3.63) is 66.5 Å². The lowest BCUT2D eigenvalue weighted by Crippen LogP contribution is -2.13. The van der Waals surface area contributed by atoms with Crippen LogP contribution in [-0.4, -0.2) is 20.9 Å². The largest absolute Gasteiger partial charge is 0.450 e. The number of furan rings is 1. The number of pyridine rings is 1. The molecule has 0 saturated carbocycles. The maximum Gasteiger partial charge on any atom is 0.266 e. The van der Waals surface area contributed by atoms with Crippen LogP contribution in [0.2, 0.25) is 0 Å². The zero-order valence-corrected chi connectivity index (χ0v) is 13.6. The van der Waals surface area contributed by atoms with Crippen LogP contribution in [0.3, 0.4) is 0 Å². The van der Waals surface area contributed by atoms with Gasteiger partial charge in [0.1, 0.15) is 17.4 Å². The number of rotatable bonds is 5. The number of amides is 1. The summed E-state index contributed by atoms with van der Waals surface area (Å²) in [5.41, 5.74) is 0.427. The van der Waals surface area contributed by atoms with E-state index in [0.717, 1.165) is 0 Å². The predicted octanol–water partition coefficient (Wildman–Crippen LogP) is 3.16. The van der Waals surface area contributed by atoms with Crippen molar-refractivity contribution in [2.45, 2.75) is 10.2 Å². The molecular formula is C17H11N5O2S. The van der Waals surface area contributed by atoms with Gasteiger partial charge in [-0.3, -0.25) is 9.78 Å². The van der Waals surface area contributed by atoms with E-state index in [4.69, 9.17) is 4.42 Å². The van der Waals surface area contributed by atoms with Crippen molar-refractivity contribution in [1.29, 1.82) is 5.26 Å². The second-order valence-electron chi connectivity index (χ2n) is 4.66. The topological polar surface area (TPSA) is 105 Å². The minimum atomic E-state index is -0.535. The molecule has 0 fully saturated rings. The molecule has 8 heteroatoms. The van der Waals surface area contributed by atoms with Gasteiger partial charge < -0.3 is 9.73 Å². The van der Waals surface area contributed by atoms with Crippen molar-refractivity contribution in [2.24, 2.45) is 0 Å². The maximum atomic E-state index is 12.1. The summed E-state index contributed by atoms with van der Waals surface area (Å²) in [5, 5.41) is 12.9. The lowest BCUT2D eigenvalue weighted by molar-refractivity contribution is -0.112. The number of nitrogens with one attached hydrogen (secondary N) is 1. The van der Waals surface area contributed by atoms with E-state index in [0.29, 0.717) is 21.7 Å². The zero-order valence-electron chi connectivity index (χ0n) is 12.8. The van der Waals surface area contributed by atoms with Crippen LogP contribution < -0.4 is 5.32 Å². The Labute approximate surface area is 147 Å². The fraction of sp³-hybridized carbons (Fsp3) is 0. The average Bonchev–Trinajstić information content (AvgIpc) is 3.08. The summed E-state index contributed by atoms with van der Waals surface area (Å²) in [6.45, 7) is 0. The first-order valence-electron chi connectivity index (χ1n) is 7.12. The highest BCUT2D eigenvalue weighted by molar-refractivity contribution is 7.99. The van der Waals surface area contributed by atoms with Crippen molar-refractivity contribution in [3.8, 4) is 6.07 Å². The SMILES string of the molecule is N#C/C(=C\c1ccc(Sc2ncccn2)o1)C(=O)Nc1cccnc1. The van der Waals surface area contributed by atoms with Gasteiger partial charge in [0.2, 0.25) is 0 Å². The fourth-order valence-electron chi connectivity index (χ4n) is 1.82. The van der Waals surface area contributed by atoms with Crippen LogP contribution in [0.5, 0.6) is 0 Å². The summed E-state index contributed by atoms with van der Waals surface area (Å²) in [4.78, 5) is 24.2. The molecule has 3 rings (SSSR count). The number of nitrogens with zero attached hydrogens (tertiary/aromatic N) is 4. The van der Waals surface area contributed by atoms with E-state index in [1.165, 1.54) is 24.0 Å². The Balaban J connectivity index is 1.72. The summed E-state index contributed by atoms with van der Waals surface area (Å²) >= 11 is 1.24. The highest BCUT2D eigenvalue weighted by Gasteiger charge is 2.11. The minimum Gasteiger partial charge on any atom is -0.450 e. The van der Waals surface area contributed by atoms with Crippen LogP contribution in [0, 0.1) is 11.3 Å². The second kappa shape index (κ2) is 7.90. The summed E-state index contributed by atoms with van der Waals surface area (Å²) < 4.78 is 5.58. The van der Waals surface area contributed by atoms with Crippen molar-refractivity contribution >= 4 is 29.4 Å². The molecule has 0 atom stereocenters. The van der Waals surface area contributed by atoms with Gasteiger partial charge in [-0.2, -0.15) is 5.26 Å². The quantitative estimate of drug-likeness (QED) is 0.428. The highest BCUT2D eigenvalue weighted by atomic mass is 32.2. The molecule has 0 radical (unpaired) electrons. The average molecular weight is 349 g/mol. The van der Waals surface area contributed by atoms with E-state index in [1.54, 1.807) is 48.9 Å². The van der Waals surface area contributed by atoms with Crippen LogP contribution in [0.15, 0.2) is 75.4 Å². The zero-order chi connectivity index (χ0) is 17.5. The molecule has 122 valence electrons. The molecule has 0 aliphatic rings. The molecule has 0 bridgehead atoms. The Morgan fingerprint density at radius 3 is 2.76 bits per heavy atom. The Morgan fingerprint density at radius 1 is 1.20 bits per heavy atom. The first-order chi connectivity index (χ1) is 12.2. The summed E-state index contributed by atoms with van der Waals surface area (Å²) in [5.74, 6) is -0.149. The standard InChI is InChI=1S/C17H11N5O2S/c18-10-12(16(23)22-13-3-1-6-19-11-13)9-14-4-5-15(24-14)25-17-20-7-2-8-21-17/h1-9,11H,(H,22,23)/b12-9+. The van der Waals surface area contributed by atoms with E-state index < -0.39 is 5.91 Å². The smallest absolute Gasteiger partial charge is 0.266 e. The van der Waals surface area contributed by atoms with Crippen LogP contribution in [0.4, 0.5) is 5.69 Å². The van der Waals surface area contributed by atoms with Crippen molar-refractivity contribution in [1.82, 2.24) is 15.0 Å². The minimum absolute atomic E-state index is 0.0780. The lowest BCUT2D eigenvalue weighted by atomic mass is 10.2. The Bertz CT molecular complexity index is 932. The van der Waals surface area contributed by atoms with Gasteiger partial charge in [-0.25, -0.2) is 9.97 Å². The first kappa shape index (κ1) is 16.4. The van der Waals surface area contributed by atoms with E-state index in [9.17, 15) is 10.1 Å². The molecule has 0 aromatic carbocycles. The Kier molecular flexibility index (Phi) is 5.19. The molecule has 3 heterocycles. The van der Waals surface area contributed by atoms with Gasteiger partial charge in [0.25, 0.3) is 5.91 Å². The Hall–Kier alpha value is -3.44. The van der Waals surface area contributed by atoms with E-state index in [-0.39, 0.29) is 5.57 Å². The van der Waals surface area contributed by atoms with Gasteiger partial charge in [-0.1, -0.05) is 0 Å². The summed E-state index contributed by atoms with van der Waals surface area (Å²) in [7, 11) is 0. The summed E-state index contributed by atoms with van der Waals surface area (Å²) in [6, 6.07) is 10.3. The van der Waals surface area contributed by atoms with Crippen LogP contribution in [0.25, 0.3) is 6.08 Å². The highest BCUT2D eigenvalue weighted by Crippen LogP contribution is 2.27. The number of aromatic nitrogens is 3. The molecule has 0 aliphatic carbocycles. The first-order valence-corrected chi connectivity index (χ1v) is 7.94. The van der Waals surface area contributed by atoms with Crippen LogP contribution >= 0.6 is 11.8 Å². The third kappa shape index (κ3) is 4.53. The lowest BCUT2D eigenvalue weighted by Gasteiger charge is -2.02. The molecule has 1 N–H and O–H groups in total. The third-order valence-electron chi connectivity index (χ3n) is 2.91. The molecule has 0 spiro atoms. The number of anilines is 1. The molecule has 3 aromatic rings. The molecule has 25 heavy (non-hydrogen) atoms. The fourth-order valence-corrected chi connectivity index (χ4v) is 2.50. The number of nitriles is 1. The van der Waals surface area contributed by atoms with Crippen LogP contribution in [0.1, 0.15) is 5.76 Å². The van der Waals surface area contributed by atoms with Gasteiger partial charge in [0.15, 0.2) is 10.2 Å². The Morgan fingerprint density at radius 2 is 2.04 bits per heavy atom. The summed E-state index contributed by atoms with van der Waals surface area (Å²) in [6.07, 6.45) is 7.73.